The van der Waals surface area contributed by atoms with E-state index in [1.54, 1.807) is 24.3 Å². The van der Waals surface area contributed by atoms with Crippen LogP contribution in [-0.4, -0.2) is 32.5 Å². The first-order chi connectivity index (χ1) is 14.7. The van der Waals surface area contributed by atoms with Gasteiger partial charge in [-0.3, -0.25) is 4.79 Å². The zero-order chi connectivity index (χ0) is 22.3. The third-order valence-electron chi connectivity index (χ3n) is 4.57. The Balaban J connectivity index is 1.99. The van der Waals surface area contributed by atoms with Gasteiger partial charge in [0.05, 0.1) is 18.4 Å². The maximum Gasteiger partial charge on any atom is 0.416 e. The lowest BCUT2D eigenvalue weighted by molar-refractivity contribution is -0.137. The van der Waals surface area contributed by atoms with E-state index in [2.05, 4.69) is 15.0 Å². The number of hydrogen-bond acceptors (Lipinski definition) is 5. The number of amides is 1. The van der Waals surface area contributed by atoms with Crippen molar-refractivity contribution in [3.8, 4) is 22.8 Å². The molecule has 0 aliphatic rings. The molecule has 0 spiro atoms. The molecule has 8 nitrogen and oxygen atoms in total. The van der Waals surface area contributed by atoms with Crippen LogP contribution in [0.3, 0.4) is 0 Å². The number of rotatable bonds is 4. The van der Waals surface area contributed by atoms with Gasteiger partial charge in [0.2, 0.25) is 0 Å². The van der Waals surface area contributed by atoms with Crippen molar-refractivity contribution in [2.45, 2.75) is 6.18 Å². The predicted octanol–water partition coefficient (Wildman–Crippen LogP) is 2.90. The molecule has 1 amide bonds. The molecule has 0 fully saturated rings. The molecular formula is C20H14F3N5O3. The van der Waals surface area contributed by atoms with Crippen molar-refractivity contribution in [2.75, 3.05) is 7.11 Å². The van der Waals surface area contributed by atoms with Crippen LogP contribution in [-0.2, 0) is 6.18 Å². The van der Waals surface area contributed by atoms with Crippen molar-refractivity contribution < 1.29 is 22.7 Å². The van der Waals surface area contributed by atoms with Crippen molar-refractivity contribution in [1.29, 1.82) is 0 Å². The molecule has 4 rings (SSSR count). The standard InChI is InChI=1S/C20H14F3N5O3/c1-31-13-5-3-2-4-12(13)28-18-15(26-19(28)30)14(16(24)29)25-17(27-18)10-6-8-11(9-7-10)20(21,22)23/h2-9H,1H3,(H2,24,29)(H,26,30). The molecule has 3 N–H and O–H groups in total. The minimum Gasteiger partial charge on any atom is -0.495 e. The fourth-order valence-electron chi connectivity index (χ4n) is 3.14. The summed E-state index contributed by atoms with van der Waals surface area (Å²) in [7, 11) is 1.43. The van der Waals surface area contributed by atoms with Gasteiger partial charge < -0.3 is 15.5 Å². The molecule has 2 heterocycles. The highest BCUT2D eigenvalue weighted by molar-refractivity contribution is 6.02. The van der Waals surface area contributed by atoms with Gasteiger partial charge in [-0.2, -0.15) is 13.2 Å². The monoisotopic (exact) mass is 429 g/mol. The summed E-state index contributed by atoms with van der Waals surface area (Å²) in [5.74, 6) is -0.646. The molecule has 0 saturated heterocycles. The number of carbonyl (C=O) groups is 1. The molecule has 4 aromatic rings. The first-order valence-electron chi connectivity index (χ1n) is 8.84. The van der Waals surface area contributed by atoms with E-state index >= 15 is 0 Å². The van der Waals surface area contributed by atoms with Gasteiger partial charge in [0.1, 0.15) is 11.3 Å². The van der Waals surface area contributed by atoms with Gasteiger partial charge >= 0.3 is 11.9 Å². The Labute approximate surface area is 172 Å². The van der Waals surface area contributed by atoms with Crippen LogP contribution in [0.15, 0.2) is 53.3 Å². The SMILES string of the molecule is COc1ccccc1-n1c(=O)[nH]c2c(C(N)=O)nc(-c3ccc(C(F)(F)F)cc3)nc21. The second-order valence-corrected chi connectivity index (χ2v) is 6.47. The fourth-order valence-corrected chi connectivity index (χ4v) is 3.14. The average Bonchev–Trinajstić information content (AvgIpc) is 3.07. The Bertz CT molecular complexity index is 1360. The van der Waals surface area contributed by atoms with Gasteiger partial charge in [0.25, 0.3) is 5.91 Å². The highest BCUT2D eigenvalue weighted by atomic mass is 19.4. The number of methoxy groups -OCH3 is 1. The molecule has 0 bridgehead atoms. The summed E-state index contributed by atoms with van der Waals surface area (Å²) < 4.78 is 45.1. The number of nitrogens with two attached hydrogens (primary N) is 1. The second kappa shape index (κ2) is 7.27. The van der Waals surface area contributed by atoms with E-state index in [1.807, 2.05) is 0 Å². The van der Waals surface area contributed by atoms with Gasteiger partial charge in [-0.1, -0.05) is 24.3 Å². The smallest absolute Gasteiger partial charge is 0.416 e. The van der Waals surface area contributed by atoms with Gasteiger partial charge in [0, 0.05) is 5.56 Å². The van der Waals surface area contributed by atoms with E-state index in [4.69, 9.17) is 10.5 Å². The average molecular weight is 429 g/mol. The highest BCUT2D eigenvalue weighted by Crippen LogP contribution is 2.31. The normalized spacial score (nSPS) is 11.6. The number of imidazole rings is 1. The van der Waals surface area contributed by atoms with E-state index in [0.717, 1.165) is 12.1 Å². The molecule has 11 heteroatoms. The Morgan fingerprint density at radius 3 is 2.39 bits per heavy atom. The molecular weight excluding hydrogens is 415 g/mol. The molecule has 158 valence electrons. The number of nitrogens with one attached hydrogen (secondary N) is 1. The Hall–Kier alpha value is -4.15. The van der Waals surface area contributed by atoms with Crippen molar-refractivity contribution >= 4 is 17.1 Å². The summed E-state index contributed by atoms with van der Waals surface area (Å²) in [5.41, 5.74) is 4.25. The number of fused-ring (bicyclic) bond motifs is 1. The molecule has 0 atom stereocenters. The second-order valence-electron chi connectivity index (χ2n) is 6.47. The number of alkyl halides is 3. The van der Waals surface area contributed by atoms with Crippen LogP contribution in [0.5, 0.6) is 5.75 Å². The van der Waals surface area contributed by atoms with Crippen molar-refractivity contribution in [1.82, 2.24) is 19.5 Å². The predicted molar refractivity (Wildman–Crippen MR) is 105 cm³/mol. The summed E-state index contributed by atoms with van der Waals surface area (Å²) in [6, 6.07) is 10.7. The van der Waals surface area contributed by atoms with Crippen LogP contribution in [0.25, 0.3) is 28.2 Å². The maximum atomic E-state index is 12.9. The number of para-hydroxylation sites is 2. The number of hydrogen-bond donors (Lipinski definition) is 2. The third-order valence-corrected chi connectivity index (χ3v) is 4.57. The molecule has 31 heavy (non-hydrogen) atoms. The number of H-pyrrole nitrogens is 1. The molecule has 2 aromatic heterocycles. The number of halogens is 3. The summed E-state index contributed by atoms with van der Waals surface area (Å²) in [4.78, 5) is 35.6. The lowest BCUT2D eigenvalue weighted by atomic mass is 10.1. The van der Waals surface area contributed by atoms with Crippen LogP contribution < -0.4 is 16.2 Å². The third kappa shape index (κ3) is 3.50. The number of carbonyl (C=O) groups excluding carboxylic acids is 1. The Kier molecular flexibility index (Phi) is 4.72. The quantitative estimate of drug-likeness (QED) is 0.518. The van der Waals surface area contributed by atoms with Crippen LogP contribution in [0.1, 0.15) is 16.1 Å². The number of benzene rings is 2. The van der Waals surface area contributed by atoms with Crippen LogP contribution in [0.2, 0.25) is 0 Å². The lowest BCUT2D eigenvalue weighted by Gasteiger charge is -2.10. The van der Waals surface area contributed by atoms with E-state index in [-0.39, 0.29) is 28.2 Å². The minimum atomic E-state index is -4.51. The minimum absolute atomic E-state index is 0.000863. The van der Waals surface area contributed by atoms with Gasteiger partial charge in [-0.05, 0) is 24.3 Å². The van der Waals surface area contributed by atoms with Gasteiger partial charge in [0.15, 0.2) is 17.2 Å². The maximum absolute atomic E-state index is 12.9. The molecule has 0 unspecified atom stereocenters. The number of ether oxygens (including phenoxy) is 1. The fraction of sp³-hybridized carbons (Fsp3) is 0.100. The summed E-state index contributed by atoms with van der Waals surface area (Å²) in [6.45, 7) is 0. The Morgan fingerprint density at radius 1 is 1.10 bits per heavy atom. The number of primary amides is 1. The van der Waals surface area contributed by atoms with Crippen molar-refractivity contribution in [3.05, 3.63) is 70.3 Å². The first-order valence-corrected chi connectivity index (χ1v) is 8.84. The van der Waals surface area contributed by atoms with Gasteiger partial charge in [-0.25, -0.2) is 19.3 Å². The van der Waals surface area contributed by atoms with Crippen LogP contribution in [0.4, 0.5) is 13.2 Å². The molecule has 0 radical (unpaired) electrons. The molecule has 2 aromatic carbocycles. The Morgan fingerprint density at radius 2 is 1.77 bits per heavy atom. The van der Waals surface area contributed by atoms with E-state index in [9.17, 15) is 22.8 Å². The van der Waals surface area contributed by atoms with Crippen molar-refractivity contribution in [3.63, 3.8) is 0 Å². The summed E-state index contributed by atoms with van der Waals surface area (Å²) in [6.07, 6.45) is -4.51. The first kappa shape index (κ1) is 20.1. The largest absolute Gasteiger partial charge is 0.495 e. The molecule has 0 saturated carbocycles. The number of aromatic nitrogens is 4. The molecule has 0 aliphatic carbocycles. The van der Waals surface area contributed by atoms with Crippen molar-refractivity contribution in [2.24, 2.45) is 5.73 Å². The number of nitrogens with zero attached hydrogens (tertiary/aromatic N) is 3. The topological polar surface area (TPSA) is 116 Å². The van der Waals surface area contributed by atoms with E-state index in [0.29, 0.717) is 11.4 Å². The lowest BCUT2D eigenvalue weighted by Crippen LogP contribution is -2.16. The highest BCUT2D eigenvalue weighted by Gasteiger charge is 2.30. The van der Waals surface area contributed by atoms with E-state index in [1.165, 1.54) is 23.8 Å². The van der Waals surface area contributed by atoms with Gasteiger partial charge in [-0.15, -0.1) is 0 Å². The van der Waals surface area contributed by atoms with Crippen LogP contribution in [0, 0.1) is 0 Å². The zero-order valence-electron chi connectivity index (χ0n) is 15.9. The zero-order valence-corrected chi connectivity index (χ0v) is 15.9. The van der Waals surface area contributed by atoms with E-state index < -0.39 is 23.3 Å². The number of aromatic amines is 1. The van der Waals surface area contributed by atoms with Crippen LogP contribution >= 0.6 is 0 Å². The molecule has 0 aliphatic heterocycles. The summed E-state index contributed by atoms with van der Waals surface area (Å²) in [5, 5.41) is 0. The summed E-state index contributed by atoms with van der Waals surface area (Å²) >= 11 is 0.